The molecule has 0 radical (unpaired) electrons. The van der Waals surface area contributed by atoms with Gasteiger partial charge in [-0.2, -0.15) is 0 Å². The smallest absolute Gasteiger partial charge is 0.226 e. The number of halogens is 1. The molecule has 1 aliphatic heterocycles. The quantitative estimate of drug-likeness (QED) is 0.737. The lowest BCUT2D eigenvalue weighted by molar-refractivity contribution is -0.135. The Morgan fingerprint density at radius 3 is 3.25 bits per heavy atom. The summed E-state index contributed by atoms with van der Waals surface area (Å²) in [7, 11) is 0. The van der Waals surface area contributed by atoms with Crippen molar-refractivity contribution in [3.63, 3.8) is 0 Å². The Labute approximate surface area is 100 Å². The molecule has 0 N–H and O–H groups in total. The molecular weight excluding hydrogens is 224 g/mol. The summed E-state index contributed by atoms with van der Waals surface area (Å²) in [5, 5.41) is 0. The standard InChI is InChI=1S/C12H15ClN2O/c1-9(7-13)12(16)15-6-4-11-10(8-15)3-2-5-14-11/h2-3,5,9H,4,6-8H2,1H3. The molecule has 86 valence electrons. The first-order chi connectivity index (χ1) is 7.72. The van der Waals surface area contributed by atoms with Crippen molar-refractivity contribution < 1.29 is 4.79 Å². The SMILES string of the molecule is CC(CCl)C(=O)N1CCc2ncccc2C1. The normalized spacial score (nSPS) is 16.8. The molecule has 2 rings (SSSR count). The van der Waals surface area contributed by atoms with Crippen LogP contribution in [-0.4, -0.2) is 28.2 Å². The number of hydrogen-bond donors (Lipinski definition) is 0. The van der Waals surface area contributed by atoms with Crippen molar-refractivity contribution in [2.24, 2.45) is 5.92 Å². The highest BCUT2D eigenvalue weighted by atomic mass is 35.5. The van der Waals surface area contributed by atoms with Crippen molar-refractivity contribution in [3.8, 4) is 0 Å². The zero-order chi connectivity index (χ0) is 11.5. The van der Waals surface area contributed by atoms with Crippen molar-refractivity contribution >= 4 is 17.5 Å². The van der Waals surface area contributed by atoms with Crippen LogP contribution in [0, 0.1) is 5.92 Å². The zero-order valence-electron chi connectivity index (χ0n) is 9.32. The van der Waals surface area contributed by atoms with Gasteiger partial charge < -0.3 is 4.90 Å². The molecule has 0 aliphatic carbocycles. The number of hydrogen-bond acceptors (Lipinski definition) is 2. The van der Waals surface area contributed by atoms with Crippen LogP contribution in [0.5, 0.6) is 0 Å². The van der Waals surface area contributed by atoms with E-state index in [9.17, 15) is 4.79 Å². The first-order valence-electron chi connectivity index (χ1n) is 5.50. The highest BCUT2D eigenvalue weighted by Crippen LogP contribution is 2.18. The van der Waals surface area contributed by atoms with E-state index in [-0.39, 0.29) is 11.8 Å². The van der Waals surface area contributed by atoms with Gasteiger partial charge in [-0.25, -0.2) is 0 Å². The van der Waals surface area contributed by atoms with Crippen LogP contribution in [0.2, 0.25) is 0 Å². The highest BCUT2D eigenvalue weighted by Gasteiger charge is 2.24. The topological polar surface area (TPSA) is 33.2 Å². The molecule has 16 heavy (non-hydrogen) atoms. The molecule has 2 heterocycles. The monoisotopic (exact) mass is 238 g/mol. The number of alkyl halides is 1. The summed E-state index contributed by atoms with van der Waals surface area (Å²) < 4.78 is 0. The lowest BCUT2D eigenvalue weighted by Gasteiger charge is -2.29. The summed E-state index contributed by atoms with van der Waals surface area (Å²) >= 11 is 5.71. The molecular formula is C12H15ClN2O. The van der Waals surface area contributed by atoms with Crippen molar-refractivity contribution in [1.82, 2.24) is 9.88 Å². The lowest BCUT2D eigenvalue weighted by atomic mass is 10.0. The van der Waals surface area contributed by atoms with Crippen LogP contribution in [0.15, 0.2) is 18.3 Å². The Bertz CT molecular complexity index is 394. The number of fused-ring (bicyclic) bond motifs is 1. The number of carbonyl (C=O) groups excluding carboxylic acids is 1. The Morgan fingerprint density at radius 2 is 2.50 bits per heavy atom. The van der Waals surface area contributed by atoms with Crippen LogP contribution < -0.4 is 0 Å². The fourth-order valence-corrected chi connectivity index (χ4v) is 2.06. The summed E-state index contributed by atoms with van der Waals surface area (Å²) in [5.41, 5.74) is 2.27. The summed E-state index contributed by atoms with van der Waals surface area (Å²) in [4.78, 5) is 18.1. The molecule has 0 saturated heterocycles. The fraction of sp³-hybridized carbons (Fsp3) is 0.500. The predicted molar refractivity (Wildman–Crippen MR) is 63.2 cm³/mol. The Morgan fingerprint density at radius 1 is 1.69 bits per heavy atom. The number of carbonyl (C=O) groups is 1. The average molecular weight is 239 g/mol. The van der Waals surface area contributed by atoms with Crippen molar-refractivity contribution in [2.45, 2.75) is 19.9 Å². The third-order valence-corrected chi connectivity index (χ3v) is 3.39. The fourth-order valence-electron chi connectivity index (χ4n) is 1.93. The first kappa shape index (κ1) is 11.4. The number of amides is 1. The van der Waals surface area contributed by atoms with Crippen LogP contribution in [-0.2, 0) is 17.8 Å². The van der Waals surface area contributed by atoms with Gasteiger partial charge in [-0.3, -0.25) is 9.78 Å². The molecule has 1 amide bonds. The molecule has 1 aromatic heterocycles. The van der Waals surface area contributed by atoms with Crippen LogP contribution in [0.1, 0.15) is 18.2 Å². The van der Waals surface area contributed by atoms with E-state index in [1.165, 1.54) is 0 Å². The van der Waals surface area contributed by atoms with E-state index in [0.29, 0.717) is 12.4 Å². The van der Waals surface area contributed by atoms with E-state index in [0.717, 1.165) is 24.2 Å². The highest BCUT2D eigenvalue weighted by molar-refractivity contribution is 6.19. The van der Waals surface area contributed by atoms with Gasteiger partial charge in [0, 0.05) is 43.2 Å². The third-order valence-electron chi connectivity index (χ3n) is 2.93. The van der Waals surface area contributed by atoms with Gasteiger partial charge in [0.2, 0.25) is 5.91 Å². The van der Waals surface area contributed by atoms with Gasteiger partial charge in [0.05, 0.1) is 0 Å². The van der Waals surface area contributed by atoms with Crippen molar-refractivity contribution in [3.05, 3.63) is 29.6 Å². The minimum absolute atomic E-state index is 0.0973. The van der Waals surface area contributed by atoms with Gasteiger partial charge in [-0.15, -0.1) is 11.6 Å². The summed E-state index contributed by atoms with van der Waals surface area (Å²) in [6, 6.07) is 3.95. The van der Waals surface area contributed by atoms with Crippen LogP contribution in [0.4, 0.5) is 0 Å². The Balaban J connectivity index is 2.11. The molecule has 1 aromatic rings. The van der Waals surface area contributed by atoms with E-state index in [1.807, 2.05) is 24.0 Å². The first-order valence-corrected chi connectivity index (χ1v) is 6.03. The van der Waals surface area contributed by atoms with E-state index >= 15 is 0 Å². The van der Waals surface area contributed by atoms with Crippen LogP contribution in [0.3, 0.4) is 0 Å². The summed E-state index contributed by atoms with van der Waals surface area (Å²) in [6.07, 6.45) is 2.65. The number of nitrogens with zero attached hydrogens (tertiary/aromatic N) is 2. The molecule has 0 saturated carbocycles. The van der Waals surface area contributed by atoms with Crippen molar-refractivity contribution in [1.29, 1.82) is 0 Å². The average Bonchev–Trinajstić information content (AvgIpc) is 2.36. The minimum Gasteiger partial charge on any atom is -0.338 e. The van der Waals surface area contributed by atoms with Gasteiger partial charge in [0.15, 0.2) is 0 Å². The summed E-state index contributed by atoms with van der Waals surface area (Å²) in [6.45, 7) is 3.29. The molecule has 1 atom stereocenters. The second-order valence-corrected chi connectivity index (χ2v) is 4.48. The number of rotatable bonds is 2. The van der Waals surface area contributed by atoms with Crippen LogP contribution in [0.25, 0.3) is 0 Å². The van der Waals surface area contributed by atoms with E-state index < -0.39 is 0 Å². The predicted octanol–water partition coefficient (Wildman–Crippen LogP) is 1.84. The minimum atomic E-state index is -0.0973. The van der Waals surface area contributed by atoms with Crippen LogP contribution >= 0.6 is 11.6 Å². The van der Waals surface area contributed by atoms with E-state index in [2.05, 4.69) is 4.98 Å². The van der Waals surface area contributed by atoms with Gasteiger partial charge in [-0.05, 0) is 11.6 Å². The van der Waals surface area contributed by atoms with Crippen molar-refractivity contribution in [2.75, 3.05) is 12.4 Å². The second-order valence-electron chi connectivity index (χ2n) is 4.17. The molecule has 1 unspecified atom stereocenters. The third kappa shape index (κ3) is 2.19. The van der Waals surface area contributed by atoms with Gasteiger partial charge in [0.25, 0.3) is 0 Å². The number of pyridine rings is 1. The molecule has 0 fully saturated rings. The molecule has 1 aliphatic rings. The largest absolute Gasteiger partial charge is 0.338 e. The van der Waals surface area contributed by atoms with Gasteiger partial charge in [-0.1, -0.05) is 13.0 Å². The maximum atomic E-state index is 12.0. The summed E-state index contributed by atoms with van der Waals surface area (Å²) in [5.74, 6) is 0.430. The zero-order valence-corrected chi connectivity index (χ0v) is 10.1. The Hall–Kier alpha value is -1.09. The lowest BCUT2D eigenvalue weighted by Crippen LogP contribution is -2.39. The maximum absolute atomic E-state index is 12.0. The van der Waals surface area contributed by atoms with E-state index in [4.69, 9.17) is 11.6 Å². The van der Waals surface area contributed by atoms with Gasteiger partial charge >= 0.3 is 0 Å². The molecule has 0 spiro atoms. The maximum Gasteiger partial charge on any atom is 0.226 e. The number of aromatic nitrogens is 1. The molecule has 4 heteroatoms. The van der Waals surface area contributed by atoms with Gasteiger partial charge in [0.1, 0.15) is 0 Å². The van der Waals surface area contributed by atoms with E-state index in [1.54, 1.807) is 6.20 Å². The second kappa shape index (κ2) is 4.83. The molecule has 0 bridgehead atoms. The molecule has 3 nitrogen and oxygen atoms in total. The Kier molecular flexibility index (Phi) is 3.44. The molecule has 0 aromatic carbocycles.